The van der Waals surface area contributed by atoms with Crippen LogP contribution in [-0.4, -0.2) is 28.0 Å². The molecule has 3 aromatic rings. The van der Waals surface area contributed by atoms with Gasteiger partial charge < -0.3 is 5.32 Å². The van der Waals surface area contributed by atoms with Crippen LogP contribution in [0.3, 0.4) is 0 Å². The zero-order valence-corrected chi connectivity index (χ0v) is 15.3. The highest BCUT2D eigenvalue weighted by molar-refractivity contribution is 5.89. The number of benzene rings is 2. The summed E-state index contributed by atoms with van der Waals surface area (Å²) in [7, 11) is 0. The Morgan fingerprint density at radius 2 is 1.57 bits per heavy atom. The normalized spacial score (nSPS) is 15.2. The van der Waals surface area contributed by atoms with Gasteiger partial charge in [-0.15, -0.1) is 0 Å². The van der Waals surface area contributed by atoms with E-state index in [2.05, 4.69) is 26.3 Å². The quantitative estimate of drug-likeness (QED) is 0.680. The lowest BCUT2D eigenvalue weighted by Gasteiger charge is -2.18. The van der Waals surface area contributed by atoms with Crippen molar-refractivity contribution in [3.05, 3.63) is 65.5 Å². The fourth-order valence-corrected chi connectivity index (χ4v) is 3.58. The molecule has 7 heteroatoms. The second-order valence-electron chi connectivity index (χ2n) is 7.02. The lowest BCUT2D eigenvalue weighted by Crippen LogP contribution is -2.20. The van der Waals surface area contributed by atoms with Crippen molar-refractivity contribution in [1.82, 2.24) is 14.9 Å². The molecule has 0 amide bonds. The van der Waals surface area contributed by atoms with Crippen LogP contribution in [0.1, 0.15) is 29.8 Å². The number of nitrogens with one attached hydrogen (secondary N) is 1. The molecule has 1 N–H and O–H groups in total. The van der Waals surface area contributed by atoms with Crippen molar-refractivity contribution in [2.45, 2.75) is 32.1 Å². The summed E-state index contributed by atoms with van der Waals surface area (Å²) < 4.78 is 39.6. The maximum Gasteiger partial charge on any atom is 0.451 e. The predicted molar refractivity (Wildman–Crippen MR) is 103 cm³/mol. The van der Waals surface area contributed by atoms with Crippen molar-refractivity contribution in [3.8, 4) is 0 Å². The minimum Gasteiger partial charge on any atom is -0.365 e. The Labute approximate surface area is 161 Å². The highest BCUT2D eigenvalue weighted by Crippen LogP contribution is 2.30. The molecule has 0 radical (unpaired) electrons. The second kappa shape index (κ2) is 7.75. The van der Waals surface area contributed by atoms with Crippen LogP contribution in [0.5, 0.6) is 0 Å². The van der Waals surface area contributed by atoms with Gasteiger partial charge in [-0.3, -0.25) is 4.90 Å². The van der Waals surface area contributed by atoms with Gasteiger partial charge in [0, 0.05) is 18.5 Å². The number of likely N-dealkylation sites (tertiary alicyclic amines) is 1. The summed E-state index contributed by atoms with van der Waals surface area (Å²) in [5, 5.41) is 3.69. The van der Waals surface area contributed by atoms with Crippen molar-refractivity contribution < 1.29 is 13.2 Å². The fraction of sp³-hybridized carbons (Fsp3) is 0.333. The zero-order valence-electron chi connectivity index (χ0n) is 15.3. The van der Waals surface area contributed by atoms with Crippen LogP contribution in [0.25, 0.3) is 10.9 Å². The predicted octanol–water partition coefficient (Wildman–Crippen LogP) is 4.86. The van der Waals surface area contributed by atoms with Crippen molar-refractivity contribution in [1.29, 1.82) is 0 Å². The van der Waals surface area contributed by atoms with Crippen molar-refractivity contribution in [2.24, 2.45) is 0 Å². The minimum absolute atomic E-state index is 0.203. The molecule has 1 aromatic heterocycles. The van der Waals surface area contributed by atoms with Gasteiger partial charge in [-0.1, -0.05) is 36.4 Å². The molecule has 4 rings (SSSR count). The Balaban J connectivity index is 1.61. The van der Waals surface area contributed by atoms with E-state index in [9.17, 15) is 13.2 Å². The second-order valence-corrected chi connectivity index (χ2v) is 7.02. The zero-order chi connectivity index (χ0) is 19.6. The third kappa shape index (κ3) is 4.09. The first-order valence-electron chi connectivity index (χ1n) is 9.38. The molecule has 0 aliphatic carbocycles. The first-order chi connectivity index (χ1) is 13.5. The number of fused-ring (bicyclic) bond motifs is 1. The number of anilines is 1. The number of rotatable bonds is 5. The van der Waals surface area contributed by atoms with Crippen LogP contribution in [0.4, 0.5) is 19.0 Å². The summed E-state index contributed by atoms with van der Waals surface area (Å²) in [6.45, 7) is 3.44. The van der Waals surface area contributed by atoms with E-state index in [1.807, 2.05) is 18.2 Å². The molecule has 1 aliphatic heterocycles. The fourth-order valence-electron chi connectivity index (χ4n) is 3.58. The number of halogens is 3. The maximum atomic E-state index is 13.2. The average molecular weight is 386 g/mol. The molecule has 1 saturated heterocycles. The van der Waals surface area contributed by atoms with Crippen molar-refractivity contribution in [2.75, 3.05) is 18.4 Å². The van der Waals surface area contributed by atoms with Crippen molar-refractivity contribution >= 4 is 16.7 Å². The van der Waals surface area contributed by atoms with E-state index in [-0.39, 0.29) is 11.3 Å². The highest BCUT2D eigenvalue weighted by Gasteiger charge is 2.35. The van der Waals surface area contributed by atoms with E-state index in [4.69, 9.17) is 0 Å². The molecular weight excluding hydrogens is 365 g/mol. The Morgan fingerprint density at radius 1 is 0.893 bits per heavy atom. The SMILES string of the molecule is FC(F)(F)c1nc(NCc2ccccc2CN2CCCC2)c2ccccc2n1. The third-order valence-electron chi connectivity index (χ3n) is 5.01. The number of hydrogen-bond acceptors (Lipinski definition) is 4. The molecule has 1 aliphatic rings. The van der Waals surface area contributed by atoms with Gasteiger partial charge in [0.05, 0.1) is 5.52 Å². The summed E-state index contributed by atoms with van der Waals surface area (Å²) >= 11 is 0. The van der Waals surface area contributed by atoms with Crippen LogP contribution in [0.15, 0.2) is 48.5 Å². The average Bonchev–Trinajstić information content (AvgIpc) is 3.19. The van der Waals surface area contributed by atoms with E-state index >= 15 is 0 Å². The van der Waals surface area contributed by atoms with E-state index in [0.717, 1.165) is 25.2 Å². The number of aromatic nitrogens is 2. The largest absolute Gasteiger partial charge is 0.451 e. The molecule has 0 bridgehead atoms. The number of alkyl halides is 3. The maximum absolute atomic E-state index is 13.2. The molecule has 28 heavy (non-hydrogen) atoms. The van der Waals surface area contributed by atoms with Crippen LogP contribution in [-0.2, 0) is 19.3 Å². The van der Waals surface area contributed by atoms with Gasteiger partial charge in [0.25, 0.3) is 0 Å². The van der Waals surface area contributed by atoms with E-state index in [1.54, 1.807) is 24.3 Å². The first-order valence-corrected chi connectivity index (χ1v) is 9.38. The standard InChI is InChI=1S/C21H21F3N4/c22-21(23,24)20-26-18-10-4-3-9-17(18)19(27-20)25-13-15-7-1-2-8-16(15)14-28-11-5-6-12-28/h1-4,7-10H,5-6,11-14H2,(H,25,26,27). The minimum atomic E-state index is -4.59. The Hall–Kier alpha value is -2.67. The molecule has 2 heterocycles. The van der Waals surface area contributed by atoms with E-state index in [1.165, 1.54) is 18.4 Å². The third-order valence-corrected chi connectivity index (χ3v) is 5.01. The topological polar surface area (TPSA) is 41.1 Å². The number of nitrogens with zero attached hydrogens (tertiary/aromatic N) is 3. The van der Waals surface area contributed by atoms with Gasteiger partial charge in [0.2, 0.25) is 5.82 Å². The number of hydrogen-bond donors (Lipinski definition) is 1. The van der Waals surface area contributed by atoms with Gasteiger partial charge >= 0.3 is 6.18 Å². The summed E-state index contributed by atoms with van der Waals surface area (Å²) in [6.07, 6.45) is -2.16. The smallest absolute Gasteiger partial charge is 0.365 e. The van der Waals surface area contributed by atoms with Crippen LogP contribution in [0.2, 0.25) is 0 Å². The lowest BCUT2D eigenvalue weighted by atomic mass is 10.1. The molecule has 1 fully saturated rings. The summed E-state index contributed by atoms with van der Waals surface area (Å²) in [5.41, 5.74) is 2.52. The van der Waals surface area contributed by atoms with Gasteiger partial charge in [-0.05, 0) is 49.2 Å². The van der Waals surface area contributed by atoms with Gasteiger partial charge in [-0.2, -0.15) is 13.2 Å². The molecular formula is C21H21F3N4. The summed E-state index contributed by atoms with van der Waals surface area (Å²) in [5.74, 6) is -0.923. The molecule has 0 saturated carbocycles. The van der Waals surface area contributed by atoms with Crippen LogP contribution < -0.4 is 5.32 Å². The lowest BCUT2D eigenvalue weighted by molar-refractivity contribution is -0.144. The van der Waals surface area contributed by atoms with Gasteiger partial charge in [-0.25, -0.2) is 9.97 Å². The Kier molecular flexibility index (Phi) is 5.17. The van der Waals surface area contributed by atoms with Gasteiger partial charge in [0.1, 0.15) is 5.82 Å². The van der Waals surface area contributed by atoms with Crippen LogP contribution >= 0.6 is 0 Å². The Morgan fingerprint density at radius 3 is 2.32 bits per heavy atom. The van der Waals surface area contributed by atoms with Gasteiger partial charge in [0.15, 0.2) is 0 Å². The molecule has 4 nitrogen and oxygen atoms in total. The van der Waals surface area contributed by atoms with Crippen molar-refractivity contribution in [3.63, 3.8) is 0 Å². The van der Waals surface area contributed by atoms with E-state index in [0.29, 0.717) is 11.9 Å². The summed E-state index contributed by atoms with van der Waals surface area (Å²) in [6, 6.07) is 14.8. The molecule has 0 atom stereocenters. The molecule has 0 unspecified atom stereocenters. The molecule has 0 spiro atoms. The monoisotopic (exact) mass is 386 g/mol. The Bertz CT molecular complexity index is 965. The highest BCUT2D eigenvalue weighted by atomic mass is 19.4. The molecule has 2 aromatic carbocycles. The number of para-hydroxylation sites is 1. The first kappa shape index (κ1) is 18.7. The van der Waals surface area contributed by atoms with Crippen LogP contribution in [0, 0.1) is 0 Å². The molecule has 146 valence electrons. The van der Waals surface area contributed by atoms with E-state index < -0.39 is 12.0 Å². The summed E-state index contributed by atoms with van der Waals surface area (Å²) in [4.78, 5) is 9.83.